The maximum absolute atomic E-state index is 11.7. The quantitative estimate of drug-likeness (QED) is 0.788. The van der Waals surface area contributed by atoms with Crippen molar-refractivity contribution >= 4 is 11.4 Å². The summed E-state index contributed by atoms with van der Waals surface area (Å²) in [5, 5.41) is 0. The first-order valence-electron chi connectivity index (χ1n) is 4.62. The summed E-state index contributed by atoms with van der Waals surface area (Å²) >= 11 is -1.06. The lowest BCUT2D eigenvalue weighted by atomic mass is 10.3. The molecule has 1 aromatic heterocycles. The van der Waals surface area contributed by atoms with Gasteiger partial charge in [-0.1, -0.05) is 0 Å². The molecule has 0 aliphatic heterocycles. The first-order valence-corrected chi connectivity index (χ1v) is 5.77. The van der Waals surface area contributed by atoms with Gasteiger partial charge in [0.1, 0.15) is 16.5 Å². The number of furan rings is 1. The molecule has 2 atom stereocenters. The lowest BCUT2D eigenvalue weighted by Gasteiger charge is -2.25. The van der Waals surface area contributed by atoms with Gasteiger partial charge in [0.2, 0.25) is 0 Å². The molecule has 0 amide bonds. The van der Waals surface area contributed by atoms with E-state index in [0.717, 1.165) is 5.76 Å². The van der Waals surface area contributed by atoms with Gasteiger partial charge in [0, 0.05) is 11.4 Å². The zero-order chi connectivity index (χ0) is 10.8. The van der Waals surface area contributed by atoms with E-state index in [0.29, 0.717) is 0 Å². The smallest absolute Gasteiger partial charge is 0.136 e. The number of hydrogen-bond donors (Lipinski definition) is 1. The van der Waals surface area contributed by atoms with Gasteiger partial charge in [-0.15, -0.1) is 4.72 Å². The third kappa shape index (κ3) is 3.04. The van der Waals surface area contributed by atoms with Gasteiger partial charge in [-0.2, -0.15) is 0 Å². The van der Waals surface area contributed by atoms with E-state index in [1.165, 1.54) is 0 Å². The van der Waals surface area contributed by atoms with Crippen molar-refractivity contribution in [2.24, 2.45) is 0 Å². The highest BCUT2D eigenvalue weighted by molar-refractivity contribution is 7.90. The molecule has 0 aromatic carbocycles. The average molecular weight is 215 g/mol. The minimum Gasteiger partial charge on any atom is -0.598 e. The van der Waals surface area contributed by atoms with Crippen LogP contribution in [0.5, 0.6) is 0 Å². The molecular weight excluding hydrogens is 198 g/mol. The van der Waals surface area contributed by atoms with Crippen LogP contribution >= 0.6 is 0 Å². The molecule has 3 nitrogen and oxygen atoms in total. The van der Waals surface area contributed by atoms with Crippen LogP contribution in [-0.2, 0) is 11.4 Å². The third-order valence-electron chi connectivity index (χ3n) is 1.81. The number of rotatable bonds is 3. The molecule has 14 heavy (non-hydrogen) atoms. The van der Waals surface area contributed by atoms with Crippen LogP contribution in [0.15, 0.2) is 22.8 Å². The van der Waals surface area contributed by atoms with Gasteiger partial charge in [-0.05, 0) is 39.8 Å². The Bertz CT molecular complexity index is 266. The zero-order valence-electron chi connectivity index (χ0n) is 9.03. The van der Waals surface area contributed by atoms with E-state index in [9.17, 15) is 4.55 Å². The van der Waals surface area contributed by atoms with Crippen LogP contribution in [0.3, 0.4) is 0 Å². The van der Waals surface area contributed by atoms with Crippen LogP contribution in [-0.4, -0.2) is 9.30 Å². The molecule has 1 rings (SSSR count). The molecule has 0 aliphatic carbocycles. The predicted molar refractivity (Wildman–Crippen MR) is 58.2 cm³/mol. The summed E-state index contributed by atoms with van der Waals surface area (Å²) in [6.45, 7) is 7.74. The largest absolute Gasteiger partial charge is 0.598 e. The van der Waals surface area contributed by atoms with Gasteiger partial charge in [-0.25, -0.2) is 0 Å². The Morgan fingerprint density at radius 3 is 2.57 bits per heavy atom. The Hall–Kier alpha value is -0.450. The summed E-state index contributed by atoms with van der Waals surface area (Å²) in [5.41, 5.74) is 0. The lowest BCUT2D eigenvalue weighted by Crippen LogP contribution is -2.40. The summed E-state index contributed by atoms with van der Waals surface area (Å²) in [6.07, 6.45) is 1.62. The fourth-order valence-corrected chi connectivity index (χ4v) is 1.72. The molecule has 0 radical (unpaired) electrons. The maximum atomic E-state index is 11.7. The molecule has 1 aromatic rings. The molecule has 0 saturated heterocycles. The maximum Gasteiger partial charge on any atom is 0.136 e. The highest BCUT2D eigenvalue weighted by Crippen LogP contribution is 2.19. The summed E-state index contributed by atoms with van der Waals surface area (Å²) in [5.74, 6) is 0.808. The Morgan fingerprint density at radius 2 is 2.14 bits per heavy atom. The van der Waals surface area contributed by atoms with Gasteiger partial charge in [0.25, 0.3) is 0 Å². The van der Waals surface area contributed by atoms with Gasteiger partial charge >= 0.3 is 0 Å². The first kappa shape index (κ1) is 11.6. The van der Waals surface area contributed by atoms with E-state index >= 15 is 0 Å². The van der Waals surface area contributed by atoms with E-state index in [1.807, 2.05) is 39.8 Å². The van der Waals surface area contributed by atoms with E-state index in [4.69, 9.17) is 4.42 Å². The minimum absolute atomic E-state index is 0.0231. The predicted octanol–water partition coefficient (Wildman–Crippen LogP) is 2.39. The van der Waals surface area contributed by atoms with Crippen LogP contribution in [0, 0.1) is 0 Å². The van der Waals surface area contributed by atoms with Crippen molar-refractivity contribution in [3.63, 3.8) is 0 Å². The highest BCUT2D eigenvalue weighted by Gasteiger charge is 2.28. The molecular formula is C10H17NO2S. The van der Waals surface area contributed by atoms with Gasteiger partial charge in [0.05, 0.1) is 6.26 Å². The van der Waals surface area contributed by atoms with Crippen LogP contribution in [0.4, 0.5) is 0 Å². The summed E-state index contributed by atoms with van der Waals surface area (Å²) < 4.78 is 19.7. The average Bonchev–Trinajstić information content (AvgIpc) is 2.53. The molecule has 0 unspecified atom stereocenters. The minimum atomic E-state index is -1.06. The lowest BCUT2D eigenvalue weighted by molar-refractivity contribution is 0.454. The normalized spacial score (nSPS) is 16.6. The standard InChI is InChI=1S/C10H17NO2S/c1-8(9-6-5-7-13-9)11-14(12)10(2,3)4/h5-8,11H,1-4H3/t8-,14+/m1/s1. The van der Waals surface area contributed by atoms with Crippen molar-refractivity contribution in [3.8, 4) is 0 Å². The summed E-state index contributed by atoms with van der Waals surface area (Å²) in [4.78, 5) is 0. The Kier molecular flexibility index (Phi) is 3.64. The molecule has 1 heterocycles. The molecule has 80 valence electrons. The Labute approximate surface area is 88.2 Å². The topological polar surface area (TPSA) is 48.2 Å². The van der Waals surface area contributed by atoms with E-state index < -0.39 is 11.4 Å². The number of hydrogen-bond acceptors (Lipinski definition) is 3. The van der Waals surface area contributed by atoms with Crippen molar-refractivity contribution in [3.05, 3.63) is 24.2 Å². The summed E-state index contributed by atoms with van der Waals surface area (Å²) in [7, 11) is 0. The van der Waals surface area contributed by atoms with Crippen molar-refractivity contribution in [2.45, 2.75) is 38.5 Å². The molecule has 0 fully saturated rings. The highest BCUT2D eigenvalue weighted by atomic mass is 32.2. The second-order valence-corrected chi connectivity index (χ2v) is 6.23. The van der Waals surface area contributed by atoms with E-state index in [2.05, 4.69) is 4.72 Å². The first-order chi connectivity index (χ1) is 6.41. The fourth-order valence-electron chi connectivity index (χ4n) is 0.933. The van der Waals surface area contributed by atoms with Crippen molar-refractivity contribution in [1.29, 1.82) is 0 Å². The zero-order valence-corrected chi connectivity index (χ0v) is 9.85. The van der Waals surface area contributed by atoms with Crippen LogP contribution in [0.2, 0.25) is 0 Å². The summed E-state index contributed by atoms with van der Waals surface area (Å²) in [6, 6.07) is 3.68. The molecule has 4 heteroatoms. The van der Waals surface area contributed by atoms with Crippen molar-refractivity contribution in [2.75, 3.05) is 0 Å². The van der Waals surface area contributed by atoms with Gasteiger partial charge in [0.15, 0.2) is 0 Å². The molecule has 0 saturated carbocycles. The second kappa shape index (κ2) is 4.38. The third-order valence-corrected chi connectivity index (χ3v) is 3.49. The Morgan fingerprint density at radius 1 is 1.50 bits per heavy atom. The Balaban J connectivity index is 2.53. The SMILES string of the molecule is C[C@@H](N[S@@+]([O-])C(C)(C)C)c1ccco1. The molecule has 0 spiro atoms. The molecule has 1 N–H and O–H groups in total. The van der Waals surface area contributed by atoms with Crippen LogP contribution in [0.1, 0.15) is 39.5 Å². The van der Waals surface area contributed by atoms with E-state index in [1.54, 1.807) is 6.26 Å². The van der Waals surface area contributed by atoms with Gasteiger partial charge in [-0.3, -0.25) is 0 Å². The fraction of sp³-hybridized carbons (Fsp3) is 0.600. The van der Waals surface area contributed by atoms with Crippen LogP contribution < -0.4 is 4.72 Å². The molecule has 0 bridgehead atoms. The van der Waals surface area contributed by atoms with Gasteiger partial charge < -0.3 is 8.97 Å². The van der Waals surface area contributed by atoms with Crippen LogP contribution in [0.25, 0.3) is 0 Å². The molecule has 0 aliphatic rings. The van der Waals surface area contributed by atoms with E-state index in [-0.39, 0.29) is 10.8 Å². The van der Waals surface area contributed by atoms with Crippen molar-refractivity contribution in [1.82, 2.24) is 4.72 Å². The number of nitrogens with one attached hydrogen (secondary N) is 1. The van der Waals surface area contributed by atoms with Crippen molar-refractivity contribution < 1.29 is 8.97 Å². The monoisotopic (exact) mass is 215 g/mol. The second-order valence-electron chi connectivity index (χ2n) is 4.24.